The van der Waals surface area contributed by atoms with Gasteiger partial charge in [-0.15, -0.1) is 11.3 Å². The predicted molar refractivity (Wildman–Crippen MR) is 113 cm³/mol. The molecule has 0 saturated heterocycles. The van der Waals surface area contributed by atoms with Crippen molar-refractivity contribution in [2.75, 3.05) is 20.3 Å². The zero-order valence-electron chi connectivity index (χ0n) is 17.0. The summed E-state index contributed by atoms with van der Waals surface area (Å²) in [5.74, 6) is -0.285. The Bertz CT molecular complexity index is 998. The quantitative estimate of drug-likeness (QED) is 0.548. The van der Waals surface area contributed by atoms with E-state index in [1.807, 2.05) is 57.2 Å². The molecule has 0 unspecified atom stereocenters. The fourth-order valence-electron chi connectivity index (χ4n) is 2.68. The van der Waals surface area contributed by atoms with Gasteiger partial charge in [0.25, 0.3) is 5.91 Å². The van der Waals surface area contributed by atoms with Gasteiger partial charge in [-0.2, -0.15) is 0 Å². The lowest BCUT2D eigenvalue weighted by molar-refractivity contribution is -0.153. The van der Waals surface area contributed by atoms with E-state index in [4.69, 9.17) is 9.47 Å². The molecule has 0 aliphatic rings. The molecule has 0 aliphatic carbocycles. The molecule has 3 rings (SSSR count). The number of fused-ring (bicyclic) bond motifs is 1. The SMILES string of the molecule is Cc1ccc(OCC(=O)OCC(=O)N(C)[C@@H](C)c2nc3ccccc3s2)cc1C. The molecule has 0 spiro atoms. The third-order valence-electron chi connectivity index (χ3n) is 4.83. The Labute approximate surface area is 174 Å². The number of benzene rings is 2. The van der Waals surface area contributed by atoms with Crippen LogP contribution in [0.4, 0.5) is 0 Å². The lowest BCUT2D eigenvalue weighted by Crippen LogP contribution is -2.34. The minimum atomic E-state index is -0.586. The molecule has 1 heterocycles. The number of rotatable bonds is 7. The molecular formula is C22H24N2O4S. The normalized spacial score (nSPS) is 11.9. The zero-order chi connectivity index (χ0) is 21.0. The molecule has 3 aromatic rings. The molecule has 1 amide bonds. The van der Waals surface area contributed by atoms with Gasteiger partial charge in [-0.3, -0.25) is 4.79 Å². The number of aryl methyl sites for hydroxylation is 2. The van der Waals surface area contributed by atoms with E-state index in [0.717, 1.165) is 26.4 Å². The summed E-state index contributed by atoms with van der Waals surface area (Å²) in [6, 6.07) is 13.2. The Morgan fingerprint density at radius 2 is 1.86 bits per heavy atom. The van der Waals surface area contributed by atoms with Crippen LogP contribution in [0.2, 0.25) is 0 Å². The summed E-state index contributed by atoms with van der Waals surface area (Å²) in [6.07, 6.45) is 0. The van der Waals surface area contributed by atoms with Crippen LogP contribution in [0.3, 0.4) is 0 Å². The highest BCUT2D eigenvalue weighted by Gasteiger charge is 2.21. The number of thiazole rings is 1. The molecular weight excluding hydrogens is 388 g/mol. The van der Waals surface area contributed by atoms with Gasteiger partial charge in [-0.1, -0.05) is 18.2 Å². The largest absolute Gasteiger partial charge is 0.482 e. The number of nitrogens with zero attached hydrogens (tertiary/aromatic N) is 2. The number of esters is 1. The van der Waals surface area contributed by atoms with Gasteiger partial charge >= 0.3 is 5.97 Å². The van der Waals surface area contributed by atoms with Crippen molar-refractivity contribution in [1.29, 1.82) is 0 Å². The van der Waals surface area contributed by atoms with Crippen molar-refractivity contribution in [3.63, 3.8) is 0 Å². The van der Waals surface area contributed by atoms with Crippen molar-refractivity contribution in [1.82, 2.24) is 9.88 Å². The smallest absolute Gasteiger partial charge is 0.344 e. The van der Waals surface area contributed by atoms with Crippen LogP contribution < -0.4 is 4.74 Å². The van der Waals surface area contributed by atoms with Crippen LogP contribution in [0, 0.1) is 13.8 Å². The number of amides is 1. The maximum absolute atomic E-state index is 12.4. The first-order valence-electron chi connectivity index (χ1n) is 9.32. The minimum absolute atomic E-state index is 0.217. The highest BCUT2D eigenvalue weighted by Crippen LogP contribution is 2.28. The van der Waals surface area contributed by atoms with Gasteiger partial charge in [0, 0.05) is 7.05 Å². The summed E-state index contributed by atoms with van der Waals surface area (Å²) in [5.41, 5.74) is 3.14. The Balaban J connectivity index is 1.49. The maximum Gasteiger partial charge on any atom is 0.344 e. The molecule has 1 atom stereocenters. The first-order valence-corrected chi connectivity index (χ1v) is 10.1. The van der Waals surface area contributed by atoms with E-state index in [1.165, 1.54) is 4.90 Å². The molecule has 0 saturated carbocycles. The number of hydrogen-bond donors (Lipinski definition) is 0. The molecule has 0 N–H and O–H groups in total. The second-order valence-corrected chi connectivity index (χ2v) is 7.96. The van der Waals surface area contributed by atoms with E-state index in [0.29, 0.717) is 5.75 Å². The highest BCUT2D eigenvalue weighted by atomic mass is 32.1. The Morgan fingerprint density at radius 1 is 1.10 bits per heavy atom. The number of para-hydroxylation sites is 1. The van der Waals surface area contributed by atoms with Crippen LogP contribution in [0.5, 0.6) is 5.75 Å². The summed E-state index contributed by atoms with van der Waals surface area (Å²) in [6.45, 7) is 5.31. The topological polar surface area (TPSA) is 68.7 Å². The molecule has 0 aliphatic heterocycles. The van der Waals surface area contributed by atoms with Crippen molar-refractivity contribution >= 4 is 33.4 Å². The first-order chi connectivity index (χ1) is 13.8. The van der Waals surface area contributed by atoms with Crippen LogP contribution in [-0.4, -0.2) is 42.0 Å². The molecule has 29 heavy (non-hydrogen) atoms. The molecule has 1 aromatic heterocycles. The zero-order valence-corrected chi connectivity index (χ0v) is 17.8. The Kier molecular flexibility index (Phi) is 6.49. The Hall–Kier alpha value is -2.93. The first kappa shape index (κ1) is 20.8. The van der Waals surface area contributed by atoms with Crippen LogP contribution in [0.1, 0.15) is 29.1 Å². The van der Waals surface area contributed by atoms with Crippen molar-refractivity contribution in [2.24, 2.45) is 0 Å². The number of carbonyl (C=O) groups excluding carboxylic acids is 2. The van der Waals surface area contributed by atoms with E-state index >= 15 is 0 Å². The molecule has 0 bridgehead atoms. The second-order valence-electron chi connectivity index (χ2n) is 6.90. The number of ether oxygens (including phenoxy) is 2. The summed E-state index contributed by atoms with van der Waals surface area (Å²) in [7, 11) is 1.68. The average Bonchev–Trinajstić information content (AvgIpc) is 3.16. The van der Waals surface area contributed by atoms with Crippen molar-refractivity contribution in [2.45, 2.75) is 26.8 Å². The van der Waals surface area contributed by atoms with E-state index < -0.39 is 5.97 Å². The summed E-state index contributed by atoms with van der Waals surface area (Å²) in [4.78, 5) is 30.5. The maximum atomic E-state index is 12.4. The number of hydrogen-bond acceptors (Lipinski definition) is 6. The summed E-state index contributed by atoms with van der Waals surface area (Å²) in [5, 5.41) is 0.839. The molecule has 0 fully saturated rings. The number of aromatic nitrogens is 1. The molecule has 0 radical (unpaired) electrons. The van der Waals surface area contributed by atoms with Gasteiger partial charge in [0.2, 0.25) is 0 Å². The number of carbonyl (C=O) groups is 2. The summed E-state index contributed by atoms with van der Waals surface area (Å²) >= 11 is 1.55. The van der Waals surface area contributed by atoms with Crippen LogP contribution in [-0.2, 0) is 14.3 Å². The minimum Gasteiger partial charge on any atom is -0.482 e. The van der Waals surface area contributed by atoms with Gasteiger partial charge in [0.1, 0.15) is 10.8 Å². The van der Waals surface area contributed by atoms with Crippen LogP contribution in [0.15, 0.2) is 42.5 Å². The Morgan fingerprint density at radius 3 is 2.59 bits per heavy atom. The fraction of sp³-hybridized carbons (Fsp3) is 0.318. The third-order valence-corrected chi connectivity index (χ3v) is 6.04. The van der Waals surface area contributed by atoms with Crippen molar-refractivity contribution in [3.05, 3.63) is 58.6 Å². The summed E-state index contributed by atoms with van der Waals surface area (Å²) < 4.78 is 11.6. The van der Waals surface area contributed by atoms with Crippen LogP contribution in [0.25, 0.3) is 10.2 Å². The fourth-order valence-corrected chi connectivity index (χ4v) is 3.74. The lowest BCUT2D eigenvalue weighted by Gasteiger charge is -2.23. The highest BCUT2D eigenvalue weighted by molar-refractivity contribution is 7.18. The average molecular weight is 413 g/mol. The van der Waals surface area contributed by atoms with Gasteiger partial charge in [-0.05, 0) is 56.2 Å². The monoisotopic (exact) mass is 412 g/mol. The van der Waals surface area contributed by atoms with Gasteiger partial charge < -0.3 is 14.4 Å². The van der Waals surface area contributed by atoms with Gasteiger partial charge in [0.15, 0.2) is 13.2 Å². The van der Waals surface area contributed by atoms with Crippen LogP contribution >= 0.6 is 11.3 Å². The molecule has 2 aromatic carbocycles. The standard InChI is InChI=1S/C22H24N2O4S/c1-14-9-10-17(11-15(14)2)27-13-21(26)28-12-20(25)24(4)16(3)22-23-18-7-5-6-8-19(18)29-22/h5-11,16H,12-13H2,1-4H3/t16-/m0/s1. The van der Waals surface area contributed by atoms with E-state index in [-0.39, 0.29) is 25.2 Å². The second kappa shape index (κ2) is 9.05. The van der Waals surface area contributed by atoms with Crippen molar-refractivity contribution in [3.8, 4) is 5.75 Å². The molecule has 152 valence electrons. The van der Waals surface area contributed by atoms with E-state index in [9.17, 15) is 9.59 Å². The number of likely N-dealkylation sites (N-methyl/N-ethyl adjacent to an activating group) is 1. The van der Waals surface area contributed by atoms with E-state index in [2.05, 4.69) is 4.98 Å². The molecule has 7 heteroatoms. The van der Waals surface area contributed by atoms with Gasteiger partial charge in [-0.25, -0.2) is 9.78 Å². The predicted octanol–water partition coefficient (Wildman–Crippen LogP) is 4.05. The lowest BCUT2D eigenvalue weighted by atomic mass is 10.1. The van der Waals surface area contributed by atoms with Gasteiger partial charge in [0.05, 0.1) is 16.3 Å². The van der Waals surface area contributed by atoms with E-state index in [1.54, 1.807) is 24.5 Å². The van der Waals surface area contributed by atoms with Crippen molar-refractivity contribution < 1.29 is 19.1 Å². The molecule has 6 nitrogen and oxygen atoms in total. The third kappa shape index (κ3) is 5.12.